The third-order valence-corrected chi connectivity index (χ3v) is 6.17. The van der Waals surface area contributed by atoms with Crippen LogP contribution in [-0.2, 0) is 0 Å². The zero-order chi connectivity index (χ0) is 17.5. The molecule has 25 heavy (non-hydrogen) atoms. The molecule has 3 rings (SSSR count). The molecule has 1 fully saturated rings. The number of rotatable bonds is 6. The Hall–Kier alpha value is -1.50. The van der Waals surface area contributed by atoms with Crippen LogP contribution in [0.2, 0.25) is 0 Å². The molecule has 1 nitrogen and oxygen atoms in total. The summed E-state index contributed by atoms with van der Waals surface area (Å²) in [5.74, 6) is 1.53. The monoisotopic (exact) mass is 351 g/mol. The zero-order valence-electron chi connectivity index (χ0n) is 15.3. The SMILES string of the molecule is CCCCC1CCC(C2(N=C=S)C=CC(c3ccccc3)=CC2)CC1. The number of thiocarbonyl (C=S) groups is 1. The fraction of sp³-hybridized carbons (Fsp3) is 0.522. The predicted molar refractivity (Wildman–Crippen MR) is 111 cm³/mol. The van der Waals surface area contributed by atoms with Crippen LogP contribution in [0.5, 0.6) is 0 Å². The molecule has 0 aromatic heterocycles. The van der Waals surface area contributed by atoms with Crippen LogP contribution in [0.3, 0.4) is 0 Å². The first-order valence-corrected chi connectivity index (χ1v) is 10.2. The van der Waals surface area contributed by atoms with E-state index in [0.717, 1.165) is 12.3 Å². The van der Waals surface area contributed by atoms with Gasteiger partial charge in [-0.15, -0.1) is 0 Å². The van der Waals surface area contributed by atoms with E-state index in [-0.39, 0.29) is 5.54 Å². The number of hydrogen-bond donors (Lipinski definition) is 0. The second kappa shape index (κ2) is 8.74. The average Bonchev–Trinajstić information content (AvgIpc) is 2.68. The van der Waals surface area contributed by atoms with Gasteiger partial charge in [-0.05, 0) is 54.5 Å². The molecule has 2 aliphatic carbocycles. The molecule has 0 N–H and O–H groups in total. The summed E-state index contributed by atoms with van der Waals surface area (Å²) in [5.41, 5.74) is 2.42. The summed E-state index contributed by atoms with van der Waals surface area (Å²) in [6.45, 7) is 2.29. The van der Waals surface area contributed by atoms with Crippen molar-refractivity contribution < 1.29 is 0 Å². The molecule has 0 aliphatic heterocycles. The van der Waals surface area contributed by atoms with Gasteiger partial charge in [0.25, 0.3) is 0 Å². The van der Waals surface area contributed by atoms with E-state index in [9.17, 15) is 0 Å². The van der Waals surface area contributed by atoms with Crippen molar-refractivity contribution in [2.75, 3.05) is 0 Å². The molecule has 0 heterocycles. The number of benzene rings is 1. The van der Waals surface area contributed by atoms with Crippen LogP contribution < -0.4 is 0 Å². The lowest BCUT2D eigenvalue weighted by atomic mass is 9.68. The van der Waals surface area contributed by atoms with Crippen molar-refractivity contribution in [3.63, 3.8) is 0 Å². The van der Waals surface area contributed by atoms with Crippen molar-refractivity contribution in [1.82, 2.24) is 0 Å². The van der Waals surface area contributed by atoms with Crippen LogP contribution in [0.4, 0.5) is 0 Å². The smallest absolute Gasteiger partial charge is 0.0956 e. The van der Waals surface area contributed by atoms with E-state index < -0.39 is 0 Å². The molecular weight excluding hydrogens is 322 g/mol. The normalized spacial score (nSPS) is 28.9. The molecule has 132 valence electrons. The van der Waals surface area contributed by atoms with Gasteiger partial charge in [-0.25, -0.2) is 4.99 Å². The van der Waals surface area contributed by atoms with Gasteiger partial charge in [0.1, 0.15) is 0 Å². The van der Waals surface area contributed by atoms with Gasteiger partial charge in [-0.1, -0.05) is 87.6 Å². The zero-order valence-corrected chi connectivity index (χ0v) is 16.1. The first kappa shape index (κ1) is 18.3. The first-order chi connectivity index (χ1) is 12.3. The molecule has 0 spiro atoms. The molecular formula is C23H29NS. The highest BCUT2D eigenvalue weighted by Gasteiger charge is 2.39. The number of aliphatic imine (C=N–C) groups is 1. The maximum atomic E-state index is 5.01. The molecule has 1 unspecified atom stereocenters. The Balaban J connectivity index is 1.69. The van der Waals surface area contributed by atoms with Gasteiger partial charge < -0.3 is 0 Å². The van der Waals surface area contributed by atoms with Crippen LogP contribution in [0.15, 0.2) is 53.6 Å². The summed E-state index contributed by atoms with van der Waals surface area (Å²) in [4.78, 5) is 4.69. The topological polar surface area (TPSA) is 12.4 Å². The van der Waals surface area contributed by atoms with E-state index in [2.05, 4.69) is 65.6 Å². The Morgan fingerprint density at radius 2 is 1.92 bits per heavy atom. The van der Waals surface area contributed by atoms with E-state index >= 15 is 0 Å². The Morgan fingerprint density at radius 1 is 1.16 bits per heavy atom. The van der Waals surface area contributed by atoms with Gasteiger partial charge in [0.05, 0.1) is 10.7 Å². The highest BCUT2D eigenvalue weighted by Crippen LogP contribution is 2.44. The summed E-state index contributed by atoms with van der Waals surface area (Å²) < 4.78 is 0. The third-order valence-electron chi connectivity index (χ3n) is 6.08. The number of nitrogens with zero attached hydrogens (tertiary/aromatic N) is 1. The summed E-state index contributed by atoms with van der Waals surface area (Å²) >= 11 is 5.01. The van der Waals surface area contributed by atoms with Crippen LogP contribution >= 0.6 is 12.2 Å². The van der Waals surface area contributed by atoms with Crippen LogP contribution in [-0.4, -0.2) is 10.7 Å². The number of isothiocyanates is 1. The Morgan fingerprint density at radius 3 is 2.52 bits per heavy atom. The third kappa shape index (κ3) is 4.37. The van der Waals surface area contributed by atoms with Crippen LogP contribution in [0, 0.1) is 11.8 Å². The molecule has 1 atom stereocenters. The average molecular weight is 352 g/mol. The molecule has 1 aromatic rings. The van der Waals surface area contributed by atoms with E-state index in [1.54, 1.807) is 0 Å². The fourth-order valence-electron chi connectivity index (χ4n) is 4.49. The number of allylic oxidation sites excluding steroid dienone is 2. The van der Waals surface area contributed by atoms with Gasteiger partial charge in [0.15, 0.2) is 0 Å². The quantitative estimate of drug-likeness (QED) is 0.402. The maximum Gasteiger partial charge on any atom is 0.0956 e. The van der Waals surface area contributed by atoms with Gasteiger partial charge in [0.2, 0.25) is 0 Å². The highest BCUT2D eigenvalue weighted by atomic mass is 32.1. The maximum absolute atomic E-state index is 5.01. The molecule has 0 amide bonds. The van der Waals surface area contributed by atoms with Crippen LogP contribution in [0.1, 0.15) is 63.9 Å². The van der Waals surface area contributed by atoms with E-state index in [1.165, 1.54) is 56.1 Å². The summed E-state index contributed by atoms with van der Waals surface area (Å²) in [6.07, 6.45) is 17.2. The van der Waals surface area contributed by atoms with Crippen molar-refractivity contribution in [1.29, 1.82) is 0 Å². The molecule has 0 saturated heterocycles. The van der Waals surface area contributed by atoms with Gasteiger partial charge in [-0.2, -0.15) is 0 Å². The second-order valence-corrected chi connectivity index (χ2v) is 7.80. The Labute approximate surface area is 157 Å². The lowest BCUT2D eigenvalue weighted by Gasteiger charge is -2.40. The lowest BCUT2D eigenvalue weighted by Crippen LogP contribution is -2.37. The second-order valence-electron chi connectivity index (χ2n) is 7.62. The first-order valence-electron chi connectivity index (χ1n) is 9.81. The summed E-state index contributed by atoms with van der Waals surface area (Å²) in [5, 5.41) is 2.70. The molecule has 2 aliphatic rings. The van der Waals surface area contributed by atoms with Crippen molar-refractivity contribution in [2.24, 2.45) is 16.8 Å². The Bertz CT molecular complexity index is 661. The van der Waals surface area contributed by atoms with E-state index in [4.69, 9.17) is 12.2 Å². The van der Waals surface area contributed by atoms with Crippen molar-refractivity contribution in [3.8, 4) is 0 Å². The summed E-state index contributed by atoms with van der Waals surface area (Å²) in [7, 11) is 0. The largest absolute Gasteiger partial charge is 0.221 e. The lowest BCUT2D eigenvalue weighted by molar-refractivity contribution is 0.198. The molecule has 2 heteroatoms. The number of hydrogen-bond acceptors (Lipinski definition) is 2. The molecule has 0 radical (unpaired) electrons. The standard InChI is InChI=1S/C23H29NS/c1-2-3-7-19-10-12-22(13-11-19)23(24-18-25)16-14-21(15-17-23)20-8-5-4-6-9-20/h4-6,8-9,14-16,19,22H,2-3,7,10-13,17H2,1H3. The summed E-state index contributed by atoms with van der Waals surface area (Å²) in [6, 6.07) is 10.6. The van der Waals surface area contributed by atoms with E-state index in [1.807, 2.05) is 0 Å². The van der Waals surface area contributed by atoms with Gasteiger partial charge >= 0.3 is 0 Å². The Kier molecular flexibility index (Phi) is 6.39. The predicted octanol–water partition coefficient (Wildman–Crippen LogP) is 6.87. The van der Waals surface area contributed by atoms with E-state index in [0.29, 0.717) is 5.92 Å². The van der Waals surface area contributed by atoms with Crippen molar-refractivity contribution >= 4 is 23.0 Å². The fourth-order valence-corrected chi connectivity index (χ4v) is 4.66. The highest BCUT2D eigenvalue weighted by molar-refractivity contribution is 7.78. The molecule has 1 saturated carbocycles. The molecule has 0 bridgehead atoms. The van der Waals surface area contributed by atoms with Crippen molar-refractivity contribution in [2.45, 2.75) is 63.8 Å². The molecule has 1 aromatic carbocycles. The minimum absolute atomic E-state index is 0.157. The minimum atomic E-state index is -0.157. The van der Waals surface area contributed by atoms with Gasteiger partial charge in [-0.3, -0.25) is 0 Å². The minimum Gasteiger partial charge on any atom is -0.221 e. The van der Waals surface area contributed by atoms with Crippen LogP contribution in [0.25, 0.3) is 5.57 Å². The number of unbranched alkanes of at least 4 members (excludes halogenated alkanes) is 1. The van der Waals surface area contributed by atoms with Gasteiger partial charge in [0, 0.05) is 0 Å². The van der Waals surface area contributed by atoms with Crippen molar-refractivity contribution in [3.05, 3.63) is 54.1 Å².